The van der Waals surface area contributed by atoms with Crippen LogP contribution >= 0.6 is 0 Å². The molecular weight excluding hydrogens is 378 g/mol. The molecule has 3 aromatic carbocycles. The number of likely N-dealkylation sites (tertiary alicyclic amines) is 1. The lowest BCUT2D eigenvalue weighted by Crippen LogP contribution is -2.25. The van der Waals surface area contributed by atoms with Gasteiger partial charge < -0.3 is 9.47 Å². The van der Waals surface area contributed by atoms with Crippen LogP contribution in [0.2, 0.25) is 0 Å². The molecule has 2 atom stereocenters. The highest BCUT2D eigenvalue weighted by atomic mass is 16.5. The minimum Gasteiger partial charge on any atom is -0.469 e. The number of ether oxygens (including phenoxy) is 2. The highest BCUT2D eigenvalue weighted by Gasteiger charge is 2.41. The molecule has 0 amide bonds. The second-order valence-corrected chi connectivity index (χ2v) is 7.69. The van der Waals surface area contributed by atoms with E-state index in [0.717, 1.165) is 22.9 Å². The normalized spacial score (nSPS) is 19.0. The van der Waals surface area contributed by atoms with Gasteiger partial charge in [-0.2, -0.15) is 0 Å². The van der Waals surface area contributed by atoms with Crippen molar-refractivity contribution in [3.05, 3.63) is 83.4 Å². The average Bonchev–Trinajstić information content (AvgIpc) is 3.21. The van der Waals surface area contributed by atoms with Crippen molar-refractivity contribution in [2.75, 3.05) is 27.3 Å². The maximum Gasteiger partial charge on any atom is 0.338 e. The van der Waals surface area contributed by atoms with E-state index in [4.69, 9.17) is 9.47 Å². The van der Waals surface area contributed by atoms with Gasteiger partial charge in [0.2, 0.25) is 0 Å². The van der Waals surface area contributed by atoms with Crippen molar-refractivity contribution in [2.24, 2.45) is 5.92 Å². The Balaban J connectivity index is 1.74. The second kappa shape index (κ2) is 8.67. The average molecular weight is 403 g/mol. The van der Waals surface area contributed by atoms with E-state index in [1.165, 1.54) is 19.8 Å². The molecule has 1 aliphatic heterocycles. The van der Waals surface area contributed by atoms with Crippen LogP contribution in [0.3, 0.4) is 0 Å². The molecule has 0 saturated carbocycles. The number of esters is 2. The summed E-state index contributed by atoms with van der Waals surface area (Å²) in [5.74, 6) is -1.14. The molecule has 0 bridgehead atoms. The van der Waals surface area contributed by atoms with Crippen LogP contribution in [0.15, 0.2) is 66.7 Å². The van der Waals surface area contributed by atoms with Gasteiger partial charge in [-0.25, -0.2) is 4.79 Å². The van der Waals surface area contributed by atoms with E-state index in [0.29, 0.717) is 18.7 Å². The molecular formula is C25H25NO4. The van der Waals surface area contributed by atoms with Gasteiger partial charge in [0.1, 0.15) is 0 Å². The van der Waals surface area contributed by atoms with E-state index in [1.54, 1.807) is 0 Å². The Bertz CT molecular complexity index is 1060. The Morgan fingerprint density at radius 1 is 0.900 bits per heavy atom. The molecule has 0 unspecified atom stereocenters. The summed E-state index contributed by atoms with van der Waals surface area (Å²) in [7, 11) is 2.80. The lowest BCUT2D eigenvalue weighted by molar-refractivity contribution is -0.145. The number of hydrogen-bond acceptors (Lipinski definition) is 5. The molecule has 5 heteroatoms. The van der Waals surface area contributed by atoms with Gasteiger partial charge in [-0.3, -0.25) is 9.69 Å². The van der Waals surface area contributed by atoms with Gasteiger partial charge in [0, 0.05) is 25.6 Å². The largest absolute Gasteiger partial charge is 0.469 e. The monoisotopic (exact) mass is 403 g/mol. The van der Waals surface area contributed by atoms with Crippen molar-refractivity contribution in [2.45, 2.75) is 12.5 Å². The maximum absolute atomic E-state index is 12.6. The number of carbonyl (C=O) groups is 2. The number of methoxy groups -OCH3 is 2. The Morgan fingerprint density at radius 3 is 2.23 bits per heavy atom. The molecule has 0 spiro atoms. The van der Waals surface area contributed by atoms with Crippen molar-refractivity contribution in [3.8, 4) is 0 Å². The van der Waals surface area contributed by atoms with Crippen LogP contribution in [0.4, 0.5) is 0 Å². The minimum atomic E-state index is -0.388. The predicted octanol–water partition coefficient (Wildman–Crippen LogP) is 4.02. The number of fused-ring (bicyclic) bond motifs is 1. The molecule has 1 heterocycles. The molecule has 0 aromatic heterocycles. The third kappa shape index (κ3) is 3.94. The van der Waals surface area contributed by atoms with Crippen LogP contribution in [-0.4, -0.2) is 44.1 Å². The zero-order valence-electron chi connectivity index (χ0n) is 17.2. The van der Waals surface area contributed by atoms with E-state index in [2.05, 4.69) is 17.0 Å². The fourth-order valence-electron chi connectivity index (χ4n) is 4.41. The lowest BCUT2D eigenvalue weighted by atomic mass is 9.84. The van der Waals surface area contributed by atoms with Gasteiger partial charge in [0.05, 0.1) is 25.7 Å². The molecule has 0 N–H and O–H groups in total. The molecule has 1 fully saturated rings. The van der Waals surface area contributed by atoms with Gasteiger partial charge in [-0.05, 0) is 34.0 Å². The zero-order valence-corrected chi connectivity index (χ0v) is 17.2. The summed E-state index contributed by atoms with van der Waals surface area (Å²) in [6.07, 6.45) is 0. The fourth-order valence-corrected chi connectivity index (χ4v) is 4.41. The Kier molecular flexibility index (Phi) is 5.81. The molecule has 0 radical (unpaired) electrons. The molecule has 4 rings (SSSR count). The summed E-state index contributed by atoms with van der Waals surface area (Å²) in [5.41, 5.74) is 2.54. The van der Waals surface area contributed by atoms with Crippen molar-refractivity contribution < 1.29 is 19.1 Å². The summed E-state index contributed by atoms with van der Waals surface area (Å²) in [5, 5.41) is 2.00. The Hall–Kier alpha value is -3.18. The second-order valence-electron chi connectivity index (χ2n) is 7.69. The summed E-state index contributed by atoms with van der Waals surface area (Å²) in [6.45, 7) is 1.99. The smallest absolute Gasteiger partial charge is 0.338 e. The van der Waals surface area contributed by atoms with E-state index >= 15 is 0 Å². The number of benzene rings is 3. The van der Waals surface area contributed by atoms with Gasteiger partial charge in [0.15, 0.2) is 0 Å². The molecule has 3 aromatic rings. The van der Waals surface area contributed by atoms with Crippen LogP contribution in [0.5, 0.6) is 0 Å². The maximum atomic E-state index is 12.6. The van der Waals surface area contributed by atoms with E-state index in [-0.39, 0.29) is 23.8 Å². The van der Waals surface area contributed by atoms with Crippen molar-refractivity contribution in [1.82, 2.24) is 4.90 Å². The molecule has 1 aliphatic rings. The van der Waals surface area contributed by atoms with Crippen molar-refractivity contribution in [3.63, 3.8) is 0 Å². The molecule has 154 valence electrons. The van der Waals surface area contributed by atoms with Crippen LogP contribution in [-0.2, 0) is 20.8 Å². The number of nitrogens with zero attached hydrogens (tertiary/aromatic N) is 1. The third-order valence-corrected chi connectivity index (χ3v) is 5.87. The molecule has 1 saturated heterocycles. The van der Waals surface area contributed by atoms with Gasteiger partial charge in [-0.1, -0.05) is 54.6 Å². The Morgan fingerprint density at radius 2 is 1.57 bits per heavy atom. The van der Waals surface area contributed by atoms with Crippen molar-refractivity contribution >= 4 is 22.7 Å². The number of rotatable bonds is 5. The predicted molar refractivity (Wildman–Crippen MR) is 115 cm³/mol. The third-order valence-electron chi connectivity index (χ3n) is 5.87. The van der Waals surface area contributed by atoms with E-state index in [9.17, 15) is 9.59 Å². The number of carbonyl (C=O) groups excluding carboxylic acids is 2. The van der Waals surface area contributed by atoms with Crippen LogP contribution < -0.4 is 0 Å². The summed E-state index contributed by atoms with van der Waals surface area (Å²) in [6, 6.07) is 22.0. The van der Waals surface area contributed by atoms with E-state index < -0.39 is 0 Å². The first kappa shape index (κ1) is 20.1. The molecule has 30 heavy (non-hydrogen) atoms. The van der Waals surface area contributed by atoms with Gasteiger partial charge in [0.25, 0.3) is 0 Å². The lowest BCUT2D eigenvalue weighted by Gasteiger charge is -2.20. The standard InChI is InChI=1S/C25H25NO4/c1-29-24(27)21-13-19-11-7-6-10-18(19)12-20(21)22-15-26(16-23(22)25(28)30-2)14-17-8-4-3-5-9-17/h3-13,22-23H,14-16H2,1-2H3/t22-,23+/m1/s1. The summed E-state index contributed by atoms with van der Waals surface area (Å²) >= 11 is 0. The van der Waals surface area contributed by atoms with E-state index in [1.807, 2.05) is 54.6 Å². The first-order valence-corrected chi connectivity index (χ1v) is 10.1. The van der Waals surface area contributed by atoms with Gasteiger partial charge in [-0.15, -0.1) is 0 Å². The first-order chi connectivity index (χ1) is 14.6. The summed E-state index contributed by atoms with van der Waals surface area (Å²) in [4.78, 5) is 27.5. The topological polar surface area (TPSA) is 55.8 Å². The van der Waals surface area contributed by atoms with Gasteiger partial charge >= 0.3 is 11.9 Å². The van der Waals surface area contributed by atoms with Crippen LogP contribution in [0.1, 0.15) is 27.4 Å². The summed E-state index contributed by atoms with van der Waals surface area (Å²) < 4.78 is 10.2. The highest BCUT2D eigenvalue weighted by molar-refractivity contribution is 5.97. The number of hydrogen-bond donors (Lipinski definition) is 0. The first-order valence-electron chi connectivity index (χ1n) is 10.1. The minimum absolute atomic E-state index is 0.153. The zero-order chi connectivity index (χ0) is 21.1. The quantitative estimate of drug-likeness (QED) is 0.603. The van der Waals surface area contributed by atoms with Crippen LogP contribution in [0, 0.1) is 5.92 Å². The fraction of sp³-hybridized carbons (Fsp3) is 0.280. The van der Waals surface area contributed by atoms with Crippen LogP contribution in [0.25, 0.3) is 10.8 Å². The van der Waals surface area contributed by atoms with Crippen molar-refractivity contribution in [1.29, 1.82) is 0 Å². The highest BCUT2D eigenvalue weighted by Crippen LogP contribution is 2.38. The SMILES string of the molecule is COC(=O)c1cc2ccccc2cc1[C@H]1CN(Cc2ccccc2)C[C@@H]1C(=O)OC. The molecule has 5 nitrogen and oxygen atoms in total. The Labute approximate surface area is 176 Å². The molecule has 0 aliphatic carbocycles.